The topological polar surface area (TPSA) is 61.9 Å². The molecule has 0 aliphatic carbocycles. The molecule has 7 heteroatoms. The lowest BCUT2D eigenvalue weighted by atomic mass is 9.75. The van der Waals surface area contributed by atoms with Gasteiger partial charge in [-0.3, -0.25) is 10.1 Å². The van der Waals surface area contributed by atoms with Gasteiger partial charge in [0.15, 0.2) is 0 Å². The van der Waals surface area contributed by atoms with Crippen molar-refractivity contribution in [3.8, 4) is 0 Å². The number of amides is 1. The van der Waals surface area contributed by atoms with E-state index in [0.717, 1.165) is 48.2 Å². The molecule has 3 aliphatic heterocycles. The Bertz CT molecular complexity index is 1500. The second kappa shape index (κ2) is 11.9. The highest BCUT2D eigenvalue weighted by Crippen LogP contribution is 2.56. The highest BCUT2D eigenvalue weighted by Gasteiger charge is 2.68. The average Bonchev–Trinajstić information content (AvgIpc) is 3.38. The minimum absolute atomic E-state index is 0.0490. The lowest BCUT2D eigenvalue weighted by Gasteiger charge is -2.49. The molecule has 2 unspecified atom stereocenters. The Labute approximate surface area is 263 Å². The van der Waals surface area contributed by atoms with Crippen LogP contribution in [0.3, 0.4) is 0 Å². The molecule has 3 fully saturated rings. The number of hydrogen-bond acceptors (Lipinski definition) is 6. The molecule has 4 aromatic rings. The summed E-state index contributed by atoms with van der Waals surface area (Å²) in [5.41, 5.74) is 3.33. The van der Waals surface area contributed by atoms with Crippen molar-refractivity contribution < 1.29 is 14.3 Å². The van der Waals surface area contributed by atoms with E-state index in [-0.39, 0.29) is 28.6 Å². The summed E-state index contributed by atoms with van der Waals surface area (Å²) in [6.45, 7) is 1.96. The Morgan fingerprint density at radius 2 is 1.30 bits per heavy atom. The zero-order chi connectivity index (χ0) is 30.1. The molecular formula is C37H37N3O3S. The van der Waals surface area contributed by atoms with Crippen molar-refractivity contribution in [2.45, 2.75) is 47.2 Å². The Morgan fingerprint density at radius 3 is 1.80 bits per heavy atom. The third-order valence-electron chi connectivity index (χ3n) is 9.48. The number of ether oxygens (including phenoxy) is 1. The summed E-state index contributed by atoms with van der Waals surface area (Å²) in [7, 11) is 2.12. The van der Waals surface area contributed by atoms with Crippen LogP contribution in [0.4, 0.5) is 0 Å². The second-order valence-corrected chi connectivity index (χ2v) is 13.6. The van der Waals surface area contributed by atoms with Gasteiger partial charge in [-0.25, -0.2) is 4.79 Å². The average molecular weight is 604 g/mol. The Balaban J connectivity index is 1.25. The van der Waals surface area contributed by atoms with E-state index in [4.69, 9.17) is 4.74 Å². The summed E-state index contributed by atoms with van der Waals surface area (Å²) in [6.07, 6.45) is 1.65. The predicted octanol–water partition coefficient (Wildman–Crippen LogP) is 5.43. The molecule has 0 bridgehead atoms. The molecule has 3 aliphatic rings. The van der Waals surface area contributed by atoms with E-state index < -0.39 is 17.6 Å². The van der Waals surface area contributed by atoms with Gasteiger partial charge in [0.1, 0.15) is 24.1 Å². The van der Waals surface area contributed by atoms with E-state index in [0.29, 0.717) is 0 Å². The number of thioether (sulfide) groups is 1. The van der Waals surface area contributed by atoms with Crippen LogP contribution in [0.1, 0.15) is 35.1 Å². The van der Waals surface area contributed by atoms with Crippen molar-refractivity contribution >= 4 is 23.6 Å². The van der Waals surface area contributed by atoms with Crippen LogP contribution in [0.25, 0.3) is 0 Å². The summed E-state index contributed by atoms with van der Waals surface area (Å²) in [5, 5.41) is 3.73. The maximum absolute atomic E-state index is 14.3. The van der Waals surface area contributed by atoms with E-state index >= 15 is 0 Å². The molecule has 4 aromatic carbocycles. The van der Waals surface area contributed by atoms with Gasteiger partial charge in [0.05, 0.1) is 10.3 Å². The number of likely N-dealkylation sites (tertiary alicyclic amines) is 1. The number of fused-ring (bicyclic) bond motifs is 1. The van der Waals surface area contributed by atoms with Crippen LogP contribution in [0.2, 0.25) is 0 Å². The fourth-order valence-electron chi connectivity index (χ4n) is 7.15. The standard InChI is InChI=1S/C37H37N3O3S/c1-39-24-22-36(23-25-39)32(35(42)43-26-27-14-6-2-7-15-27)40-33(41)31(34(40)44-36)38-37(28-16-8-3-9-17-28,29-18-10-4-11-19-29)30-20-12-5-13-21-30/h2-21,31-32,34,38H,22-26H2,1H3/t31?,32?,34-/m0/s1. The van der Waals surface area contributed by atoms with Crippen LogP contribution in [-0.4, -0.2) is 64.0 Å². The zero-order valence-electron chi connectivity index (χ0n) is 24.8. The van der Waals surface area contributed by atoms with Crippen LogP contribution in [0, 0.1) is 0 Å². The van der Waals surface area contributed by atoms with Gasteiger partial charge in [-0.15, -0.1) is 11.8 Å². The fourth-order valence-corrected chi connectivity index (χ4v) is 9.05. The van der Waals surface area contributed by atoms with Gasteiger partial charge in [0, 0.05) is 0 Å². The maximum Gasteiger partial charge on any atom is 0.330 e. The smallest absolute Gasteiger partial charge is 0.330 e. The van der Waals surface area contributed by atoms with E-state index in [1.54, 1.807) is 11.8 Å². The quantitative estimate of drug-likeness (QED) is 0.165. The Hall–Kier alpha value is -3.91. The minimum Gasteiger partial charge on any atom is -0.459 e. The number of nitrogens with zero attached hydrogens (tertiary/aromatic N) is 2. The summed E-state index contributed by atoms with van der Waals surface area (Å²) >= 11 is 1.80. The summed E-state index contributed by atoms with van der Waals surface area (Å²) in [5.74, 6) is -0.354. The lowest BCUT2D eigenvalue weighted by Crippen LogP contribution is -2.73. The number of nitrogens with one attached hydrogen (secondary N) is 1. The number of benzene rings is 4. The first-order valence-corrected chi connectivity index (χ1v) is 16.2. The van der Waals surface area contributed by atoms with E-state index in [1.807, 2.05) is 89.8 Å². The molecule has 0 radical (unpaired) electrons. The molecule has 3 heterocycles. The minimum atomic E-state index is -0.775. The van der Waals surface area contributed by atoms with Crippen LogP contribution in [-0.2, 0) is 26.5 Å². The summed E-state index contributed by atoms with van der Waals surface area (Å²) in [4.78, 5) is 32.4. The molecular weight excluding hydrogens is 566 g/mol. The van der Waals surface area contributed by atoms with Crippen molar-refractivity contribution in [1.82, 2.24) is 15.1 Å². The van der Waals surface area contributed by atoms with Gasteiger partial charge in [-0.1, -0.05) is 121 Å². The van der Waals surface area contributed by atoms with E-state index in [9.17, 15) is 9.59 Å². The summed E-state index contributed by atoms with van der Waals surface area (Å²) in [6, 6.07) is 39.7. The first-order chi connectivity index (χ1) is 21.5. The normalized spacial score (nSPS) is 22.8. The van der Waals surface area contributed by atoms with E-state index in [1.165, 1.54) is 0 Å². The van der Waals surface area contributed by atoms with Gasteiger partial charge in [-0.2, -0.15) is 0 Å². The largest absolute Gasteiger partial charge is 0.459 e. The fraction of sp³-hybridized carbons (Fsp3) is 0.297. The highest BCUT2D eigenvalue weighted by molar-refractivity contribution is 8.01. The molecule has 0 saturated carbocycles. The SMILES string of the molecule is CN1CCC2(CC1)S[C@H]1C(NC(c3ccccc3)(c3ccccc3)c3ccccc3)C(=O)N1C2C(=O)OCc1ccccc1. The van der Waals surface area contributed by atoms with Crippen molar-refractivity contribution in [3.05, 3.63) is 144 Å². The van der Waals surface area contributed by atoms with Gasteiger partial charge in [0.25, 0.3) is 0 Å². The predicted molar refractivity (Wildman–Crippen MR) is 174 cm³/mol. The zero-order valence-corrected chi connectivity index (χ0v) is 25.7. The van der Waals surface area contributed by atoms with Gasteiger partial charge < -0.3 is 14.5 Å². The Morgan fingerprint density at radius 1 is 0.818 bits per heavy atom. The monoisotopic (exact) mass is 603 g/mol. The molecule has 224 valence electrons. The molecule has 3 atom stereocenters. The molecule has 3 saturated heterocycles. The third kappa shape index (κ3) is 4.93. The van der Waals surface area contributed by atoms with Crippen molar-refractivity contribution in [2.75, 3.05) is 20.1 Å². The maximum atomic E-state index is 14.3. The molecule has 1 N–H and O–H groups in total. The Kier molecular flexibility index (Phi) is 7.79. The number of rotatable bonds is 8. The molecule has 44 heavy (non-hydrogen) atoms. The number of hydrogen-bond donors (Lipinski definition) is 1. The number of piperidine rings is 1. The number of β-lactam (4-membered cyclic amide) rings is 1. The van der Waals surface area contributed by atoms with Crippen molar-refractivity contribution in [3.63, 3.8) is 0 Å². The van der Waals surface area contributed by atoms with Crippen LogP contribution in [0.15, 0.2) is 121 Å². The van der Waals surface area contributed by atoms with Crippen LogP contribution >= 0.6 is 11.8 Å². The van der Waals surface area contributed by atoms with Crippen LogP contribution in [0.5, 0.6) is 0 Å². The van der Waals surface area contributed by atoms with E-state index in [2.05, 4.69) is 53.7 Å². The number of esters is 1. The molecule has 7 rings (SSSR count). The van der Waals surface area contributed by atoms with Gasteiger partial charge in [0.2, 0.25) is 5.91 Å². The first kappa shape index (κ1) is 28.8. The highest BCUT2D eigenvalue weighted by atomic mass is 32.2. The third-order valence-corrected chi connectivity index (χ3v) is 11.3. The second-order valence-electron chi connectivity index (χ2n) is 12.1. The number of carbonyl (C=O) groups is 2. The molecule has 1 amide bonds. The lowest BCUT2D eigenvalue weighted by molar-refractivity contribution is -0.166. The number of carbonyl (C=O) groups excluding carboxylic acids is 2. The van der Waals surface area contributed by atoms with Gasteiger partial charge >= 0.3 is 5.97 Å². The van der Waals surface area contributed by atoms with Gasteiger partial charge in [-0.05, 0) is 55.2 Å². The van der Waals surface area contributed by atoms with Crippen molar-refractivity contribution in [1.29, 1.82) is 0 Å². The molecule has 6 nitrogen and oxygen atoms in total. The van der Waals surface area contributed by atoms with Crippen molar-refractivity contribution in [2.24, 2.45) is 0 Å². The summed E-state index contributed by atoms with van der Waals surface area (Å²) < 4.78 is 5.55. The first-order valence-electron chi connectivity index (χ1n) is 15.4. The molecule has 1 spiro atoms. The molecule has 0 aromatic heterocycles. The van der Waals surface area contributed by atoms with Crippen LogP contribution < -0.4 is 5.32 Å².